The molecule has 0 saturated heterocycles. The van der Waals surface area contributed by atoms with E-state index in [0.717, 1.165) is 9.35 Å². The summed E-state index contributed by atoms with van der Waals surface area (Å²) in [5.41, 5.74) is 6.40. The van der Waals surface area contributed by atoms with Crippen LogP contribution in [0, 0.1) is 0 Å². The fourth-order valence-corrected chi connectivity index (χ4v) is 3.42. The number of carbonyl (C=O) groups excluding carboxylic acids is 1. The summed E-state index contributed by atoms with van der Waals surface area (Å²) >= 11 is 16.7. The molecule has 18 heavy (non-hydrogen) atoms. The second kappa shape index (κ2) is 5.61. The topological polar surface area (TPSA) is 43.1 Å². The van der Waals surface area contributed by atoms with Crippen LogP contribution < -0.4 is 5.73 Å². The third-order valence-electron chi connectivity index (χ3n) is 2.41. The molecule has 0 aliphatic heterocycles. The fraction of sp³-hybridized carbons (Fsp3) is 0.0833. The Morgan fingerprint density at radius 3 is 2.44 bits per heavy atom. The second-order valence-electron chi connectivity index (χ2n) is 3.65. The molecule has 2 aromatic rings. The second-order valence-corrected chi connectivity index (χ2v) is 6.31. The van der Waals surface area contributed by atoms with Crippen LogP contribution >= 0.6 is 50.5 Å². The van der Waals surface area contributed by atoms with Gasteiger partial charge in [-0.15, -0.1) is 11.3 Å². The summed E-state index contributed by atoms with van der Waals surface area (Å²) in [4.78, 5) is 13.1. The molecule has 0 aliphatic carbocycles. The summed E-state index contributed by atoms with van der Waals surface area (Å²) < 4.78 is 0.938. The molecular formula is C12H8BrCl2NOS. The summed E-state index contributed by atoms with van der Waals surface area (Å²) in [7, 11) is 0. The molecule has 2 nitrogen and oxygen atoms in total. The molecule has 0 atom stereocenters. The number of ketones is 1. The van der Waals surface area contributed by atoms with Crippen LogP contribution in [0.5, 0.6) is 0 Å². The lowest BCUT2D eigenvalue weighted by atomic mass is 10.1. The van der Waals surface area contributed by atoms with Crippen molar-refractivity contribution in [1.29, 1.82) is 0 Å². The average Bonchev–Trinajstić information content (AvgIpc) is 2.71. The monoisotopic (exact) mass is 363 g/mol. The van der Waals surface area contributed by atoms with E-state index in [9.17, 15) is 4.79 Å². The van der Waals surface area contributed by atoms with Crippen LogP contribution in [0.2, 0.25) is 10.0 Å². The Morgan fingerprint density at radius 1 is 1.33 bits per heavy atom. The van der Waals surface area contributed by atoms with Gasteiger partial charge in [0.05, 0.1) is 15.7 Å². The number of hydrogen-bond donors (Lipinski definition) is 1. The van der Waals surface area contributed by atoms with Crippen molar-refractivity contribution in [2.75, 3.05) is 5.73 Å². The Labute approximate surface area is 127 Å². The molecule has 1 heterocycles. The van der Waals surface area contributed by atoms with Gasteiger partial charge in [-0.2, -0.15) is 0 Å². The van der Waals surface area contributed by atoms with Gasteiger partial charge in [0.2, 0.25) is 0 Å². The van der Waals surface area contributed by atoms with E-state index in [2.05, 4.69) is 15.9 Å². The Hall–Kier alpha value is -0.550. The van der Waals surface area contributed by atoms with E-state index in [1.54, 1.807) is 12.1 Å². The molecule has 1 aromatic heterocycles. The minimum Gasteiger partial charge on any atom is -0.396 e. The van der Waals surface area contributed by atoms with Gasteiger partial charge in [0.15, 0.2) is 5.78 Å². The van der Waals surface area contributed by atoms with Gasteiger partial charge in [0.1, 0.15) is 0 Å². The molecule has 0 amide bonds. The summed E-state index contributed by atoms with van der Waals surface area (Å²) in [5, 5.41) is 2.53. The van der Waals surface area contributed by atoms with Crippen molar-refractivity contribution < 1.29 is 4.79 Å². The van der Waals surface area contributed by atoms with Crippen LogP contribution in [-0.2, 0) is 6.42 Å². The lowest BCUT2D eigenvalue weighted by molar-refractivity contribution is 0.0993. The number of carbonyl (C=O) groups is 1. The number of halogens is 3. The van der Waals surface area contributed by atoms with Crippen molar-refractivity contribution in [2.24, 2.45) is 0 Å². The van der Waals surface area contributed by atoms with Gasteiger partial charge < -0.3 is 5.73 Å². The first-order valence-corrected chi connectivity index (χ1v) is 7.41. The van der Waals surface area contributed by atoms with Crippen LogP contribution in [0.15, 0.2) is 28.1 Å². The predicted octanol–water partition coefficient (Wildman–Crippen LogP) is 4.83. The fourth-order valence-electron chi connectivity index (χ4n) is 1.44. The highest BCUT2D eigenvalue weighted by atomic mass is 79.9. The zero-order chi connectivity index (χ0) is 13.3. The number of nitrogens with two attached hydrogens (primary N) is 1. The number of nitrogen functional groups attached to an aromatic ring is 1. The van der Waals surface area contributed by atoms with Gasteiger partial charge in [0.25, 0.3) is 0 Å². The quantitative estimate of drug-likeness (QED) is 0.626. The van der Waals surface area contributed by atoms with Gasteiger partial charge >= 0.3 is 0 Å². The predicted molar refractivity (Wildman–Crippen MR) is 80.9 cm³/mol. The smallest absolute Gasteiger partial charge is 0.168 e. The van der Waals surface area contributed by atoms with Crippen LogP contribution in [0.25, 0.3) is 0 Å². The first-order chi connectivity index (χ1) is 8.49. The molecule has 0 bridgehead atoms. The molecule has 0 aliphatic rings. The van der Waals surface area contributed by atoms with Crippen LogP contribution in [-0.4, -0.2) is 5.78 Å². The van der Waals surface area contributed by atoms with Crippen LogP contribution in [0.1, 0.15) is 15.2 Å². The number of hydrogen-bond acceptors (Lipinski definition) is 3. The number of benzene rings is 1. The van der Waals surface area contributed by atoms with Crippen LogP contribution in [0.4, 0.5) is 5.69 Å². The number of Topliss-reactive ketones (excluding diaryl/α,β-unsaturated/α-hetero) is 1. The normalized spacial score (nSPS) is 10.6. The highest BCUT2D eigenvalue weighted by Gasteiger charge is 2.13. The van der Waals surface area contributed by atoms with E-state index in [1.807, 2.05) is 11.4 Å². The number of rotatable bonds is 3. The van der Waals surface area contributed by atoms with Gasteiger partial charge in [-0.1, -0.05) is 23.2 Å². The minimum atomic E-state index is -0.0399. The maximum absolute atomic E-state index is 12.1. The van der Waals surface area contributed by atoms with Crippen molar-refractivity contribution in [3.05, 3.63) is 48.5 Å². The lowest BCUT2D eigenvalue weighted by Crippen LogP contribution is -2.03. The van der Waals surface area contributed by atoms with Crippen molar-refractivity contribution >= 4 is 61.9 Å². The highest BCUT2D eigenvalue weighted by Crippen LogP contribution is 2.30. The summed E-state index contributed by atoms with van der Waals surface area (Å²) in [6.07, 6.45) is 0.314. The van der Waals surface area contributed by atoms with Gasteiger partial charge in [-0.25, -0.2) is 0 Å². The van der Waals surface area contributed by atoms with E-state index in [-0.39, 0.29) is 5.78 Å². The molecule has 94 valence electrons. The molecule has 2 rings (SSSR count). The van der Waals surface area contributed by atoms with E-state index in [1.165, 1.54) is 11.3 Å². The molecule has 1 aromatic carbocycles. The third-order valence-corrected chi connectivity index (χ3v) is 4.96. The SMILES string of the molecule is Nc1c(Cl)cc(C(=O)Cc2sccc2Br)cc1Cl. The first-order valence-electron chi connectivity index (χ1n) is 4.98. The third kappa shape index (κ3) is 2.88. The van der Waals surface area contributed by atoms with Crippen molar-refractivity contribution in [1.82, 2.24) is 0 Å². The first kappa shape index (κ1) is 13.9. The zero-order valence-corrected chi connectivity index (χ0v) is 13.0. The molecule has 2 N–H and O–H groups in total. The Morgan fingerprint density at radius 2 is 1.94 bits per heavy atom. The minimum absolute atomic E-state index is 0.0399. The van der Waals surface area contributed by atoms with Gasteiger partial charge in [-0.05, 0) is 39.5 Å². The molecule has 0 spiro atoms. The molecule has 0 radical (unpaired) electrons. The lowest BCUT2D eigenvalue weighted by Gasteiger charge is -2.05. The maximum atomic E-state index is 12.1. The Bertz CT molecular complexity index is 589. The maximum Gasteiger partial charge on any atom is 0.168 e. The number of anilines is 1. The number of thiophene rings is 1. The van der Waals surface area contributed by atoms with E-state index in [0.29, 0.717) is 27.7 Å². The molecule has 0 fully saturated rings. The van der Waals surface area contributed by atoms with Gasteiger partial charge in [0, 0.05) is 21.3 Å². The highest BCUT2D eigenvalue weighted by molar-refractivity contribution is 9.10. The van der Waals surface area contributed by atoms with E-state index < -0.39 is 0 Å². The Kier molecular flexibility index (Phi) is 4.33. The summed E-state index contributed by atoms with van der Waals surface area (Å²) in [6.45, 7) is 0. The average molecular weight is 365 g/mol. The molecule has 0 unspecified atom stereocenters. The van der Waals surface area contributed by atoms with E-state index >= 15 is 0 Å². The van der Waals surface area contributed by atoms with Crippen molar-refractivity contribution in [3.8, 4) is 0 Å². The van der Waals surface area contributed by atoms with Gasteiger partial charge in [-0.3, -0.25) is 4.79 Å². The zero-order valence-electron chi connectivity index (χ0n) is 9.04. The van der Waals surface area contributed by atoms with Crippen molar-refractivity contribution in [3.63, 3.8) is 0 Å². The Balaban J connectivity index is 2.27. The summed E-state index contributed by atoms with van der Waals surface area (Å²) in [5.74, 6) is -0.0399. The molecule has 0 saturated carbocycles. The standard InChI is InChI=1S/C12H8BrCl2NOS/c13-7-1-2-18-11(7)5-10(17)6-3-8(14)12(16)9(15)4-6/h1-4H,5,16H2. The van der Waals surface area contributed by atoms with Crippen LogP contribution in [0.3, 0.4) is 0 Å². The summed E-state index contributed by atoms with van der Waals surface area (Å²) in [6, 6.07) is 5.01. The molecule has 6 heteroatoms. The van der Waals surface area contributed by atoms with E-state index in [4.69, 9.17) is 28.9 Å². The van der Waals surface area contributed by atoms with Crippen molar-refractivity contribution in [2.45, 2.75) is 6.42 Å². The molecular weight excluding hydrogens is 357 g/mol. The largest absolute Gasteiger partial charge is 0.396 e.